The molecule has 0 bridgehead atoms. The van der Waals surface area contributed by atoms with Crippen molar-refractivity contribution in [1.82, 2.24) is 0 Å². The molecule has 2 aromatic rings. The number of hydrogen-bond acceptors (Lipinski definition) is 1. The second-order valence-corrected chi connectivity index (χ2v) is 4.92. The molecule has 0 fully saturated rings. The lowest BCUT2D eigenvalue weighted by Gasteiger charge is -2.25. The fourth-order valence-corrected chi connectivity index (χ4v) is 2.47. The summed E-state index contributed by atoms with van der Waals surface area (Å²) in [6.45, 7) is 1.65. The Hall–Kier alpha value is -1.19. The Morgan fingerprint density at radius 3 is 2.47 bits per heavy atom. The van der Waals surface area contributed by atoms with E-state index in [0.717, 1.165) is 4.47 Å². The Morgan fingerprint density at radius 1 is 1.12 bits per heavy atom. The molecule has 88 valence electrons. The van der Waals surface area contributed by atoms with Crippen molar-refractivity contribution in [3.63, 3.8) is 0 Å². The van der Waals surface area contributed by atoms with Gasteiger partial charge in [0.15, 0.2) is 0 Å². The van der Waals surface area contributed by atoms with Crippen LogP contribution in [0.3, 0.4) is 0 Å². The quantitative estimate of drug-likeness (QED) is 0.892. The number of rotatable bonds is 2. The molecule has 2 rings (SSSR count). The van der Waals surface area contributed by atoms with Crippen LogP contribution in [0.2, 0.25) is 0 Å². The van der Waals surface area contributed by atoms with E-state index in [1.807, 2.05) is 24.3 Å². The maximum Gasteiger partial charge on any atom is 0.123 e. The standard InChI is InChI=1S/C14H12BrFO/c1-14(17,10-5-4-6-11(16)9-10)12-7-2-3-8-13(12)15/h2-9,17H,1H3. The third-order valence-electron chi connectivity index (χ3n) is 2.79. The van der Waals surface area contributed by atoms with Crippen molar-refractivity contribution in [3.05, 3.63) is 69.9 Å². The van der Waals surface area contributed by atoms with Crippen LogP contribution in [0.25, 0.3) is 0 Å². The van der Waals surface area contributed by atoms with E-state index in [4.69, 9.17) is 0 Å². The third kappa shape index (κ3) is 2.40. The number of aliphatic hydroxyl groups is 1. The fourth-order valence-electron chi connectivity index (χ4n) is 1.80. The van der Waals surface area contributed by atoms with E-state index in [2.05, 4.69) is 15.9 Å². The smallest absolute Gasteiger partial charge is 0.123 e. The third-order valence-corrected chi connectivity index (χ3v) is 3.48. The van der Waals surface area contributed by atoms with Crippen LogP contribution < -0.4 is 0 Å². The Morgan fingerprint density at radius 2 is 1.82 bits per heavy atom. The van der Waals surface area contributed by atoms with Gasteiger partial charge in [-0.25, -0.2) is 4.39 Å². The molecule has 3 heteroatoms. The highest BCUT2D eigenvalue weighted by atomic mass is 79.9. The second kappa shape index (κ2) is 4.59. The number of hydrogen-bond donors (Lipinski definition) is 1. The van der Waals surface area contributed by atoms with Gasteiger partial charge in [0.25, 0.3) is 0 Å². The van der Waals surface area contributed by atoms with E-state index in [1.165, 1.54) is 12.1 Å². The van der Waals surface area contributed by atoms with Gasteiger partial charge in [-0.1, -0.05) is 46.3 Å². The van der Waals surface area contributed by atoms with Gasteiger partial charge in [-0.3, -0.25) is 0 Å². The molecule has 0 aliphatic rings. The maximum atomic E-state index is 13.2. The van der Waals surface area contributed by atoms with E-state index in [0.29, 0.717) is 11.1 Å². The largest absolute Gasteiger partial charge is 0.381 e. The molecule has 0 aliphatic carbocycles. The van der Waals surface area contributed by atoms with Crippen molar-refractivity contribution in [2.24, 2.45) is 0 Å². The second-order valence-electron chi connectivity index (χ2n) is 4.06. The number of halogens is 2. The van der Waals surface area contributed by atoms with Crippen LogP contribution in [0.15, 0.2) is 53.0 Å². The summed E-state index contributed by atoms with van der Waals surface area (Å²) in [5, 5.41) is 10.6. The minimum Gasteiger partial charge on any atom is -0.381 e. The normalized spacial score (nSPS) is 14.4. The summed E-state index contributed by atoms with van der Waals surface area (Å²) in [6, 6.07) is 13.4. The van der Waals surface area contributed by atoms with Crippen LogP contribution in [-0.2, 0) is 5.60 Å². The van der Waals surface area contributed by atoms with Gasteiger partial charge in [0.05, 0.1) is 0 Å². The summed E-state index contributed by atoms with van der Waals surface area (Å²) in [4.78, 5) is 0. The molecule has 0 amide bonds. The summed E-state index contributed by atoms with van der Waals surface area (Å²) in [6.07, 6.45) is 0. The van der Waals surface area contributed by atoms with E-state index in [9.17, 15) is 9.50 Å². The molecular weight excluding hydrogens is 283 g/mol. The van der Waals surface area contributed by atoms with Gasteiger partial charge in [-0.15, -0.1) is 0 Å². The Bertz CT molecular complexity index is 537. The van der Waals surface area contributed by atoms with E-state index < -0.39 is 5.60 Å². The maximum absolute atomic E-state index is 13.2. The van der Waals surface area contributed by atoms with Crippen molar-refractivity contribution in [3.8, 4) is 0 Å². The molecule has 0 aromatic heterocycles. The highest BCUT2D eigenvalue weighted by Gasteiger charge is 2.27. The first-order chi connectivity index (χ1) is 8.01. The molecule has 0 heterocycles. The average molecular weight is 295 g/mol. The van der Waals surface area contributed by atoms with Crippen LogP contribution in [0.4, 0.5) is 4.39 Å². The molecule has 0 aliphatic heterocycles. The van der Waals surface area contributed by atoms with Gasteiger partial charge >= 0.3 is 0 Å². The van der Waals surface area contributed by atoms with Gasteiger partial charge in [-0.2, -0.15) is 0 Å². The molecule has 0 radical (unpaired) electrons. The van der Waals surface area contributed by atoms with Crippen LogP contribution in [0, 0.1) is 5.82 Å². The zero-order valence-electron chi connectivity index (χ0n) is 9.32. The van der Waals surface area contributed by atoms with Crippen molar-refractivity contribution >= 4 is 15.9 Å². The van der Waals surface area contributed by atoms with Crippen molar-refractivity contribution in [2.75, 3.05) is 0 Å². The first-order valence-corrected chi connectivity index (χ1v) is 6.04. The first kappa shape index (κ1) is 12.3. The SMILES string of the molecule is CC(O)(c1cccc(F)c1)c1ccccc1Br. The van der Waals surface area contributed by atoms with Gasteiger partial charge in [0, 0.05) is 10.0 Å². The van der Waals surface area contributed by atoms with Crippen LogP contribution in [0.1, 0.15) is 18.1 Å². The van der Waals surface area contributed by atoms with Gasteiger partial charge < -0.3 is 5.11 Å². The molecule has 17 heavy (non-hydrogen) atoms. The molecule has 1 nitrogen and oxygen atoms in total. The summed E-state index contributed by atoms with van der Waals surface area (Å²) < 4.78 is 14.0. The lowest BCUT2D eigenvalue weighted by molar-refractivity contribution is 0.101. The van der Waals surface area contributed by atoms with Crippen molar-refractivity contribution in [2.45, 2.75) is 12.5 Å². The summed E-state index contributed by atoms with van der Waals surface area (Å²) in [5.41, 5.74) is 0.0253. The zero-order chi connectivity index (χ0) is 12.5. The number of benzene rings is 2. The molecule has 1 unspecified atom stereocenters. The van der Waals surface area contributed by atoms with Crippen molar-refractivity contribution < 1.29 is 9.50 Å². The average Bonchev–Trinajstić information content (AvgIpc) is 2.29. The summed E-state index contributed by atoms with van der Waals surface area (Å²) in [7, 11) is 0. The minimum atomic E-state index is -1.22. The molecule has 1 N–H and O–H groups in total. The predicted molar refractivity (Wildman–Crippen MR) is 69.2 cm³/mol. The zero-order valence-corrected chi connectivity index (χ0v) is 10.9. The molecule has 1 atom stereocenters. The Kier molecular flexibility index (Phi) is 3.31. The van der Waals surface area contributed by atoms with E-state index >= 15 is 0 Å². The van der Waals surface area contributed by atoms with Crippen molar-refractivity contribution in [1.29, 1.82) is 0 Å². The summed E-state index contributed by atoms with van der Waals surface area (Å²) in [5.74, 6) is -0.352. The van der Waals surface area contributed by atoms with Gasteiger partial charge in [-0.05, 0) is 30.7 Å². The molecule has 0 spiro atoms. The topological polar surface area (TPSA) is 20.2 Å². The fraction of sp³-hybridized carbons (Fsp3) is 0.143. The minimum absolute atomic E-state index is 0.352. The first-order valence-electron chi connectivity index (χ1n) is 5.25. The highest BCUT2D eigenvalue weighted by Crippen LogP contribution is 2.33. The van der Waals surface area contributed by atoms with E-state index in [1.54, 1.807) is 19.1 Å². The van der Waals surface area contributed by atoms with Gasteiger partial charge in [0.1, 0.15) is 11.4 Å². The lowest BCUT2D eigenvalue weighted by Crippen LogP contribution is -2.23. The van der Waals surface area contributed by atoms with Gasteiger partial charge in [0.2, 0.25) is 0 Å². The molecule has 0 saturated heterocycles. The van der Waals surface area contributed by atoms with E-state index in [-0.39, 0.29) is 5.82 Å². The molecule has 0 saturated carbocycles. The van der Waals surface area contributed by atoms with Crippen LogP contribution in [-0.4, -0.2) is 5.11 Å². The highest BCUT2D eigenvalue weighted by molar-refractivity contribution is 9.10. The molecule has 2 aromatic carbocycles. The van der Waals surface area contributed by atoms with Crippen LogP contribution >= 0.6 is 15.9 Å². The summed E-state index contributed by atoms with van der Waals surface area (Å²) >= 11 is 3.39. The lowest BCUT2D eigenvalue weighted by atomic mass is 9.88. The monoisotopic (exact) mass is 294 g/mol. The predicted octanol–water partition coefficient (Wildman–Crippen LogP) is 3.84. The van der Waals surface area contributed by atoms with Crippen LogP contribution in [0.5, 0.6) is 0 Å². The molecular formula is C14H12BrFO. The Balaban J connectivity index is 2.53. The Labute approximate surface area is 108 Å².